The van der Waals surface area contributed by atoms with Gasteiger partial charge in [0, 0.05) is 0 Å². The van der Waals surface area contributed by atoms with E-state index in [1.807, 2.05) is 0 Å². The van der Waals surface area contributed by atoms with Crippen molar-refractivity contribution in [3.8, 4) is 0 Å². The fraction of sp³-hybridized carbons (Fsp3) is 1.00. The summed E-state index contributed by atoms with van der Waals surface area (Å²) in [6.45, 7) is 7.12. The van der Waals surface area contributed by atoms with Crippen LogP contribution in [0.5, 0.6) is 0 Å². The molecule has 4 aliphatic rings. The van der Waals surface area contributed by atoms with E-state index in [1.165, 1.54) is 40.0 Å². The van der Waals surface area contributed by atoms with Crippen molar-refractivity contribution >= 4 is 32.4 Å². The van der Waals surface area contributed by atoms with Gasteiger partial charge in [-0.1, -0.05) is 0 Å². The molecule has 0 atom stereocenters. The van der Waals surface area contributed by atoms with Gasteiger partial charge in [-0.3, -0.25) is 19.6 Å². The van der Waals surface area contributed by atoms with E-state index < -0.39 is 32.4 Å². The average molecular weight is 370 g/mol. The molecule has 0 amide bonds. The summed E-state index contributed by atoms with van der Waals surface area (Å²) < 4.78 is 0. The summed E-state index contributed by atoms with van der Waals surface area (Å²) in [7, 11) is 0. The fourth-order valence-electron chi connectivity index (χ4n) is 2.23. The van der Waals surface area contributed by atoms with Crippen molar-refractivity contribution in [2.75, 3.05) is 40.0 Å². The molecule has 6 heteroatoms. The minimum absolute atomic E-state index is 0.479. The molecule has 0 unspecified atom stereocenters. The van der Waals surface area contributed by atoms with Crippen LogP contribution in [0.15, 0.2) is 0 Å². The van der Waals surface area contributed by atoms with Gasteiger partial charge in [-0.15, -0.1) is 0 Å². The molecule has 0 N–H and O–H groups in total. The van der Waals surface area contributed by atoms with E-state index in [1.54, 1.807) is 0 Å². The standard InChI is InChI=1S/C6H12N4.6CH3.2Ga/c1-7-2-9-4-8(1)5-10(3-7)6-9;;;;;;;;/h1-6H2;6*1H3;;. The molecule has 104 valence electrons. The van der Waals surface area contributed by atoms with Gasteiger partial charge in [0.25, 0.3) is 0 Å². The van der Waals surface area contributed by atoms with E-state index in [0.717, 1.165) is 0 Å². The second-order valence-electron chi connectivity index (χ2n) is 7.00. The molecule has 0 aromatic heterocycles. The number of hydrogen-bond acceptors (Lipinski definition) is 4. The van der Waals surface area contributed by atoms with E-state index in [-0.39, 0.29) is 0 Å². The van der Waals surface area contributed by atoms with Crippen molar-refractivity contribution in [1.29, 1.82) is 0 Å². The molecular weight excluding hydrogens is 340 g/mol. The number of nitrogens with zero attached hydrogens (tertiary/aromatic N) is 4. The molecular formula is C12H30Ga2N4. The predicted octanol–water partition coefficient (Wildman–Crippen LogP) is 1.72. The monoisotopic (exact) mass is 368 g/mol. The first-order chi connectivity index (χ1) is 8.36. The van der Waals surface area contributed by atoms with E-state index in [9.17, 15) is 0 Å². The zero-order chi connectivity index (χ0) is 13.7. The fourth-order valence-corrected chi connectivity index (χ4v) is 2.23. The van der Waals surface area contributed by atoms with Crippen LogP contribution >= 0.6 is 0 Å². The van der Waals surface area contributed by atoms with E-state index in [0.29, 0.717) is 0 Å². The molecule has 0 aromatic carbocycles. The van der Waals surface area contributed by atoms with Crippen LogP contribution in [0, 0.1) is 0 Å². The second kappa shape index (κ2) is 8.41. The first kappa shape index (κ1) is 17.2. The van der Waals surface area contributed by atoms with Crippen molar-refractivity contribution in [2.24, 2.45) is 0 Å². The van der Waals surface area contributed by atoms with Crippen LogP contribution in [0.3, 0.4) is 0 Å². The Balaban J connectivity index is 0.000000174. The van der Waals surface area contributed by atoms with Crippen molar-refractivity contribution in [1.82, 2.24) is 19.6 Å². The van der Waals surface area contributed by atoms with E-state index in [4.69, 9.17) is 0 Å². The zero-order valence-electron chi connectivity index (χ0n) is 13.2. The van der Waals surface area contributed by atoms with Crippen LogP contribution in [-0.4, -0.2) is 92.0 Å². The van der Waals surface area contributed by atoms with Gasteiger partial charge in [-0.05, 0) is 0 Å². The molecule has 4 rings (SSSR count). The summed E-state index contributed by atoms with van der Waals surface area (Å²) in [5, 5.41) is 0. The third-order valence-corrected chi connectivity index (χ3v) is 2.40. The van der Waals surface area contributed by atoms with E-state index in [2.05, 4.69) is 52.5 Å². The Morgan fingerprint density at radius 1 is 0.444 bits per heavy atom. The van der Waals surface area contributed by atoms with Crippen LogP contribution in [0.25, 0.3) is 0 Å². The average Bonchev–Trinajstić information content (AvgIpc) is 2.12. The van der Waals surface area contributed by atoms with Crippen LogP contribution in [0.2, 0.25) is 32.9 Å². The Labute approximate surface area is 124 Å². The zero-order valence-corrected chi connectivity index (χ0v) is 18.0. The SMILES string of the molecule is C1N2CN3CN1CN(C2)C3.[CH3][Ga]([CH3])[CH3].[CH3][Ga]([CH3])[CH3]. The molecule has 0 radical (unpaired) electrons. The van der Waals surface area contributed by atoms with Gasteiger partial charge in [0.1, 0.15) is 0 Å². The summed E-state index contributed by atoms with van der Waals surface area (Å²) in [5.41, 5.74) is 14.1. The molecule has 0 spiro atoms. The van der Waals surface area contributed by atoms with Gasteiger partial charge in [0.05, 0.1) is 40.0 Å². The minimum atomic E-state index is -0.479. The molecule has 0 aliphatic carbocycles. The molecule has 0 saturated carbocycles. The van der Waals surface area contributed by atoms with Crippen LogP contribution < -0.4 is 0 Å². The number of rotatable bonds is 0. The van der Waals surface area contributed by atoms with Crippen LogP contribution in [0.4, 0.5) is 0 Å². The summed E-state index contributed by atoms with van der Waals surface area (Å²) >= 11 is -0.958. The Hall–Kier alpha value is 1.11. The molecule has 4 nitrogen and oxygen atoms in total. The van der Waals surface area contributed by atoms with Gasteiger partial charge in [0.15, 0.2) is 0 Å². The Kier molecular flexibility index (Phi) is 8.02. The van der Waals surface area contributed by atoms with Crippen LogP contribution in [0.1, 0.15) is 0 Å². The molecule has 4 heterocycles. The van der Waals surface area contributed by atoms with Crippen molar-refractivity contribution < 1.29 is 0 Å². The van der Waals surface area contributed by atoms with Crippen LogP contribution in [-0.2, 0) is 0 Å². The first-order valence-corrected chi connectivity index (χ1v) is 21.8. The van der Waals surface area contributed by atoms with Gasteiger partial charge in [0.2, 0.25) is 0 Å². The van der Waals surface area contributed by atoms with Gasteiger partial charge in [-0.25, -0.2) is 0 Å². The molecule has 4 fully saturated rings. The number of hydrogen-bond donors (Lipinski definition) is 0. The maximum atomic E-state index is 2.47. The second-order valence-corrected chi connectivity index (χ2v) is 21.5. The summed E-state index contributed by atoms with van der Waals surface area (Å²) in [6, 6.07) is 0. The van der Waals surface area contributed by atoms with Crippen molar-refractivity contribution in [2.45, 2.75) is 32.9 Å². The molecule has 4 saturated heterocycles. The molecule has 0 aromatic rings. The predicted molar refractivity (Wildman–Crippen MR) is 83.3 cm³/mol. The third-order valence-electron chi connectivity index (χ3n) is 2.40. The first-order valence-electron chi connectivity index (χ1n) is 7.26. The Bertz CT molecular complexity index is 168. The molecule has 4 bridgehead atoms. The Morgan fingerprint density at radius 3 is 0.667 bits per heavy atom. The van der Waals surface area contributed by atoms with Gasteiger partial charge in [-0.2, -0.15) is 0 Å². The summed E-state index contributed by atoms with van der Waals surface area (Å²) in [5.74, 6) is 0. The van der Waals surface area contributed by atoms with Crippen molar-refractivity contribution in [3.05, 3.63) is 0 Å². The summed E-state index contributed by atoms with van der Waals surface area (Å²) in [6.07, 6.45) is 0. The van der Waals surface area contributed by atoms with Gasteiger partial charge >= 0.3 is 65.3 Å². The third kappa shape index (κ3) is 7.04. The van der Waals surface area contributed by atoms with Crippen molar-refractivity contribution in [3.63, 3.8) is 0 Å². The maximum absolute atomic E-state index is 2.47. The summed E-state index contributed by atoms with van der Waals surface area (Å²) in [4.78, 5) is 9.88. The molecule has 18 heavy (non-hydrogen) atoms. The Morgan fingerprint density at radius 2 is 0.556 bits per heavy atom. The topological polar surface area (TPSA) is 13.0 Å². The molecule has 4 aliphatic heterocycles. The normalized spacial score (nSPS) is 35.0. The van der Waals surface area contributed by atoms with Gasteiger partial charge < -0.3 is 0 Å². The van der Waals surface area contributed by atoms with E-state index >= 15 is 0 Å². The quantitative estimate of drug-likeness (QED) is 0.603.